The quantitative estimate of drug-likeness (QED) is 0.847. The fourth-order valence-electron chi connectivity index (χ4n) is 2.68. The summed E-state index contributed by atoms with van der Waals surface area (Å²) in [7, 11) is 0. The summed E-state index contributed by atoms with van der Waals surface area (Å²) >= 11 is 6.07. The van der Waals surface area contributed by atoms with Gasteiger partial charge in [0.25, 0.3) is 0 Å². The Hall–Kier alpha value is -0.730. The molecule has 104 valence electrons. The molecule has 0 aromatic heterocycles. The zero-order chi connectivity index (χ0) is 13.3. The van der Waals surface area contributed by atoms with Gasteiger partial charge in [0.15, 0.2) is 0 Å². The first-order valence-electron chi connectivity index (χ1n) is 7.35. The number of rotatable bonds is 6. The van der Waals surface area contributed by atoms with E-state index < -0.39 is 0 Å². The predicted molar refractivity (Wildman–Crippen MR) is 79.0 cm³/mol. The molecule has 0 unspecified atom stereocenters. The van der Waals surface area contributed by atoms with Crippen LogP contribution in [0.4, 0.5) is 0 Å². The fraction of sp³-hybridized carbons (Fsp3) is 0.625. The second kappa shape index (κ2) is 5.34. The first-order valence-corrected chi connectivity index (χ1v) is 7.73. The molecule has 0 spiro atoms. The third kappa shape index (κ3) is 3.24. The molecule has 0 saturated heterocycles. The first-order chi connectivity index (χ1) is 9.17. The zero-order valence-electron chi connectivity index (χ0n) is 11.5. The molecule has 2 aliphatic rings. The molecule has 2 saturated carbocycles. The van der Waals surface area contributed by atoms with Crippen molar-refractivity contribution < 1.29 is 4.74 Å². The number of benzene rings is 1. The molecule has 2 aliphatic carbocycles. The van der Waals surface area contributed by atoms with E-state index in [0.29, 0.717) is 0 Å². The second-order valence-electron chi connectivity index (χ2n) is 6.03. The number of halogens is 1. The Balaban J connectivity index is 1.62. The van der Waals surface area contributed by atoms with Crippen LogP contribution in [-0.2, 0) is 0 Å². The molecule has 1 N–H and O–H groups in total. The van der Waals surface area contributed by atoms with Crippen molar-refractivity contribution in [2.45, 2.75) is 57.1 Å². The zero-order valence-corrected chi connectivity index (χ0v) is 12.3. The van der Waals surface area contributed by atoms with Crippen molar-refractivity contribution in [2.24, 2.45) is 0 Å². The molecule has 3 heteroatoms. The van der Waals surface area contributed by atoms with Crippen molar-refractivity contribution in [1.82, 2.24) is 5.32 Å². The maximum Gasteiger partial charge on any atom is 0.124 e. The number of aryl methyl sites for hydroxylation is 1. The van der Waals surface area contributed by atoms with Crippen LogP contribution in [0.15, 0.2) is 18.2 Å². The lowest BCUT2D eigenvalue weighted by atomic mass is 9.77. The van der Waals surface area contributed by atoms with E-state index in [4.69, 9.17) is 16.3 Å². The van der Waals surface area contributed by atoms with Crippen LogP contribution >= 0.6 is 11.6 Å². The SMILES string of the molecule is Cc1ccc(Cl)cc1OC1(CCNC2CC2)CCC1. The largest absolute Gasteiger partial charge is 0.487 e. The third-order valence-corrected chi connectivity index (χ3v) is 4.57. The Bertz CT molecular complexity index is 452. The summed E-state index contributed by atoms with van der Waals surface area (Å²) in [5.74, 6) is 0.957. The molecule has 2 fully saturated rings. The van der Waals surface area contributed by atoms with E-state index in [2.05, 4.69) is 12.2 Å². The minimum Gasteiger partial charge on any atom is -0.487 e. The van der Waals surface area contributed by atoms with Gasteiger partial charge in [-0.2, -0.15) is 0 Å². The summed E-state index contributed by atoms with van der Waals surface area (Å²) < 4.78 is 6.33. The Morgan fingerprint density at radius 3 is 2.79 bits per heavy atom. The second-order valence-corrected chi connectivity index (χ2v) is 6.46. The van der Waals surface area contributed by atoms with Crippen LogP contribution in [0, 0.1) is 6.92 Å². The Morgan fingerprint density at radius 1 is 1.37 bits per heavy atom. The van der Waals surface area contributed by atoms with Gasteiger partial charge in [0.05, 0.1) is 0 Å². The van der Waals surface area contributed by atoms with Crippen molar-refractivity contribution in [3.8, 4) is 5.75 Å². The van der Waals surface area contributed by atoms with Crippen molar-refractivity contribution in [3.63, 3.8) is 0 Å². The number of nitrogens with one attached hydrogen (secondary N) is 1. The van der Waals surface area contributed by atoms with Crippen LogP contribution in [0.3, 0.4) is 0 Å². The minimum absolute atomic E-state index is 0.0529. The molecule has 0 atom stereocenters. The molecule has 0 amide bonds. The van der Waals surface area contributed by atoms with Gasteiger partial charge in [-0.25, -0.2) is 0 Å². The van der Waals surface area contributed by atoms with Crippen molar-refractivity contribution in [2.75, 3.05) is 6.54 Å². The first kappa shape index (κ1) is 13.3. The summed E-state index contributed by atoms with van der Waals surface area (Å²) in [5, 5.41) is 4.34. The lowest BCUT2D eigenvalue weighted by molar-refractivity contribution is -0.0148. The van der Waals surface area contributed by atoms with Gasteiger partial charge in [-0.05, 0) is 69.7 Å². The highest BCUT2D eigenvalue weighted by atomic mass is 35.5. The molecule has 0 heterocycles. The molecule has 1 aromatic rings. The summed E-state index contributed by atoms with van der Waals surface area (Å²) in [6, 6.07) is 6.69. The van der Waals surface area contributed by atoms with Gasteiger partial charge in [-0.3, -0.25) is 0 Å². The van der Waals surface area contributed by atoms with Crippen LogP contribution in [0.25, 0.3) is 0 Å². The van der Waals surface area contributed by atoms with E-state index in [1.54, 1.807) is 0 Å². The molecule has 1 aromatic carbocycles. The van der Waals surface area contributed by atoms with E-state index in [1.807, 2.05) is 18.2 Å². The van der Waals surface area contributed by atoms with Gasteiger partial charge >= 0.3 is 0 Å². The number of hydrogen-bond donors (Lipinski definition) is 1. The molecule has 3 rings (SSSR count). The monoisotopic (exact) mass is 279 g/mol. The summed E-state index contributed by atoms with van der Waals surface area (Å²) in [6.07, 6.45) is 7.43. The van der Waals surface area contributed by atoms with Crippen LogP contribution < -0.4 is 10.1 Å². The Labute approximate surface area is 120 Å². The van der Waals surface area contributed by atoms with Crippen LogP contribution in [0.5, 0.6) is 5.75 Å². The summed E-state index contributed by atoms with van der Waals surface area (Å²) in [4.78, 5) is 0. The van der Waals surface area contributed by atoms with E-state index in [-0.39, 0.29) is 5.60 Å². The fourth-order valence-corrected chi connectivity index (χ4v) is 2.84. The third-order valence-electron chi connectivity index (χ3n) is 4.33. The molecular weight excluding hydrogens is 258 g/mol. The molecule has 0 bridgehead atoms. The molecule has 2 nitrogen and oxygen atoms in total. The molecule has 19 heavy (non-hydrogen) atoms. The van der Waals surface area contributed by atoms with E-state index in [0.717, 1.165) is 29.8 Å². The lowest BCUT2D eigenvalue weighted by Crippen LogP contribution is -2.45. The predicted octanol–water partition coefficient (Wildman–Crippen LogP) is 4.09. The van der Waals surface area contributed by atoms with E-state index in [9.17, 15) is 0 Å². The van der Waals surface area contributed by atoms with Crippen molar-refractivity contribution in [3.05, 3.63) is 28.8 Å². The van der Waals surface area contributed by atoms with Gasteiger partial charge in [0.1, 0.15) is 11.4 Å². The number of ether oxygens (including phenoxy) is 1. The average molecular weight is 280 g/mol. The maximum absolute atomic E-state index is 6.33. The Kier molecular flexibility index (Phi) is 3.72. The molecule has 0 radical (unpaired) electrons. The van der Waals surface area contributed by atoms with Crippen LogP contribution in [-0.4, -0.2) is 18.2 Å². The maximum atomic E-state index is 6.33. The van der Waals surface area contributed by atoms with Gasteiger partial charge in [0, 0.05) is 11.1 Å². The van der Waals surface area contributed by atoms with Gasteiger partial charge in [-0.15, -0.1) is 0 Å². The normalized spacial score (nSPS) is 20.9. The summed E-state index contributed by atoms with van der Waals surface area (Å²) in [5.41, 5.74) is 1.22. The van der Waals surface area contributed by atoms with Crippen molar-refractivity contribution in [1.29, 1.82) is 0 Å². The van der Waals surface area contributed by atoms with Crippen LogP contribution in [0.1, 0.15) is 44.1 Å². The van der Waals surface area contributed by atoms with Gasteiger partial charge in [-0.1, -0.05) is 17.7 Å². The minimum atomic E-state index is 0.0529. The highest BCUT2D eigenvalue weighted by Crippen LogP contribution is 2.40. The van der Waals surface area contributed by atoms with Gasteiger partial charge in [0.2, 0.25) is 0 Å². The standard InChI is InChI=1S/C16H22ClNO/c1-12-3-4-13(17)11-15(12)19-16(7-2-8-16)9-10-18-14-5-6-14/h3-4,11,14,18H,2,5-10H2,1H3. The lowest BCUT2D eigenvalue weighted by Gasteiger charge is -2.42. The summed E-state index contributed by atoms with van der Waals surface area (Å²) in [6.45, 7) is 3.16. The van der Waals surface area contributed by atoms with Crippen LogP contribution in [0.2, 0.25) is 5.02 Å². The van der Waals surface area contributed by atoms with E-state index in [1.165, 1.54) is 37.7 Å². The highest BCUT2D eigenvalue weighted by molar-refractivity contribution is 6.30. The molecule has 0 aliphatic heterocycles. The Morgan fingerprint density at radius 2 is 2.16 bits per heavy atom. The van der Waals surface area contributed by atoms with Crippen molar-refractivity contribution >= 4 is 11.6 Å². The van der Waals surface area contributed by atoms with Gasteiger partial charge < -0.3 is 10.1 Å². The molecular formula is C16H22ClNO. The number of hydrogen-bond acceptors (Lipinski definition) is 2. The van der Waals surface area contributed by atoms with E-state index >= 15 is 0 Å². The average Bonchev–Trinajstić information content (AvgIpc) is 3.14. The topological polar surface area (TPSA) is 21.3 Å². The highest BCUT2D eigenvalue weighted by Gasteiger charge is 2.39. The smallest absolute Gasteiger partial charge is 0.124 e.